The third-order valence-corrected chi connectivity index (χ3v) is 12.9. The zero-order chi connectivity index (χ0) is 62.2. The summed E-state index contributed by atoms with van der Waals surface area (Å²) in [5, 5.41) is 44.9. The Morgan fingerprint density at radius 2 is 1.04 bits per heavy atom. The largest absolute Gasteiger partial charge is 0.481 e. The number of amides is 12. The van der Waals surface area contributed by atoms with Gasteiger partial charge in [-0.05, 0) is 42.8 Å². The van der Waals surface area contributed by atoms with Crippen LogP contribution in [0, 0.1) is 5.92 Å². The van der Waals surface area contributed by atoms with E-state index in [2.05, 4.69) is 93.7 Å². The van der Waals surface area contributed by atoms with Gasteiger partial charge in [-0.2, -0.15) is 37.0 Å². The molecule has 1 heterocycles. The van der Waals surface area contributed by atoms with E-state index in [-0.39, 0.29) is 43.1 Å². The minimum Gasteiger partial charge on any atom is -0.481 e. The van der Waals surface area contributed by atoms with Gasteiger partial charge in [-0.3, -0.25) is 62.3 Å². The normalized spacial score (nSPS) is 13.7. The number of benzene rings is 1. The summed E-state index contributed by atoms with van der Waals surface area (Å²) in [6, 6.07) is -2.86. The standard InChI is InChI=1S/C49H73N15O16S3/c1-25(2)13-30(58-39(68)20-53-42(72)28(9-10-41(70)71)61-48(78)34(22-81)60-37(66)17-50)45(75)62-31(14-26-7-5-4-6-8-26)46(76)63-32(15-27-18-52-24-56-27)44(74)55-19-38(67)57-29(11-12-83-3)43(73)54-21-40(69)59-33(16-36(51)65)47(77)64-35(23-82)49(79)80/h4-8,18,24-25,28-35,81-82H,9-17,19-23,50H2,1-3H3,(H2,51,65)(H,52,56)(H,53,72)(H,54,73)(H,55,74)(H,57,67)(H,58,68)(H,59,69)(H,60,66)(H,61,78)(H,62,75)(H,63,76)(H,64,77)(H,70,71)(H,79,80). The molecule has 0 saturated carbocycles. The van der Waals surface area contributed by atoms with Gasteiger partial charge in [-0.1, -0.05) is 44.2 Å². The lowest BCUT2D eigenvalue weighted by Gasteiger charge is -2.26. The van der Waals surface area contributed by atoms with Crippen molar-refractivity contribution in [2.24, 2.45) is 17.4 Å². The van der Waals surface area contributed by atoms with Crippen LogP contribution in [0.15, 0.2) is 42.9 Å². The number of nitrogens with zero attached hydrogens (tertiary/aromatic N) is 1. The molecule has 8 atom stereocenters. The number of carbonyl (C=O) groups is 14. The molecule has 12 amide bonds. The smallest absolute Gasteiger partial charge is 0.327 e. The molecule has 458 valence electrons. The van der Waals surface area contributed by atoms with Crippen LogP contribution in [0.1, 0.15) is 57.2 Å². The van der Waals surface area contributed by atoms with Crippen LogP contribution in [-0.4, -0.2) is 201 Å². The SMILES string of the molecule is CSCCC(NC(=O)CNC(=O)C(Cc1cnc[nH]1)NC(=O)C(Cc1ccccc1)NC(=O)C(CC(C)C)NC(=O)CNC(=O)C(CCC(=O)O)NC(=O)C(CS)NC(=O)CN)C(=O)NCC(=O)NC(CC(N)=O)C(=O)NC(CS)C(=O)O. The van der Waals surface area contributed by atoms with Gasteiger partial charge in [0.25, 0.3) is 0 Å². The van der Waals surface area contributed by atoms with E-state index in [0.717, 1.165) is 0 Å². The highest BCUT2D eigenvalue weighted by Crippen LogP contribution is 2.10. The van der Waals surface area contributed by atoms with E-state index in [0.29, 0.717) is 17.0 Å². The minimum atomic E-state index is -1.62. The van der Waals surface area contributed by atoms with Crippen LogP contribution in [0.2, 0.25) is 0 Å². The number of hydrogen-bond acceptors (Lipinski definition) is 19. The first-order valence-corrected chi connectivity index (χ1v) is 28.3. The number of H-pyrrole nitrogens is 1. The van der Waals surface area contributed by atoms with Crippen molar-refractivity contribution in [1.82, 2.24) is 68.5 Å². The first kappa shape index (κ1) is 71.1. The number of aromatic nitrogens is 2. The number of aliphatic carboxylic acids is 2. The lowest BCUT2D eigenvalue weighted by atomic mass is 10.0. The van der Waals surface area contributed by atoms with Crippen molar-refractivity contribution in [1.29, 1.82) is 0 Å². The molecule has 34 heteroatoms. The Hall–Kier alpha value is -7.98. The number of aromatic amines is 1. The number of hydrogen-bond donors (Lipinski definition) is 18. The number of thiol groups is 2. The Morgan fingerprint density at radius 1 is 0.578 bits per heavy atom. The molecule has 0 fully saturated rings. The quantitative estimate of drug-likeness (QED) is 0.0277. The first-order chi connectivity index (χ1) is 39.3. The summed E-state index contributed by atoms with van der Waals surface area (Å²) in [4.78, 5) is 187. The number of carboxylic acids is 2. The van der Waals surface area contributed by atoms with Gasteiger partial charge in [-0.25, -0.2) is 9.78 Å². The highest BCUT2D eigenvalue weighted by molar-refractivity contribution is 7.98. The van der Waals surface area contributed by atoms with Crippen LogP contribution in [0.4, 0.5) is 0 Å². The number of nitrogens with two attached hydrogens (primary N) is 2. The molecular weight excluding hydrogens is 1150 g/mol. The molecule has 1 aromatic heterocycles. The topological polar surface area (TPSA) is 492 Å². The van der Waals surface area contributed by atoms with Gasteiger partial charge in [-0.15, -0.1) is 0 Å². The summed E-state index contributed by atoms with van der Waals surface area (Å²) in [6.45, 7) is 0.766. The van der Waals surface area contributed by atoms with Crippen LogP contribution in [0.5, 0.6) is 0 Å². The number of imidazole rings is 1. The monoisotopic (exact) mass is 1220 g/mol. The van der Waals surface area contributed by atoms with Crippen LogP contribution in [0.3, 0.4) is 0 Å². The number of carboxylic acid groups (broad SMARTS) is 2. The van der Waals surface area contributed by atoms with Gasteiger partial charge in [0.1, 0.15) is 48.3 Å². The highest BCUT2D eigenvalue weighted by Gasteiger charge is 2.33. The van der Waals surface area contributed by atoms with E-state index in [1.165, 1.54) is 24.3 Å². The third kappa shape index (κ3) is 28.0. The zero-order valence-electron chi connectivity index (χ0n) is 45.7. The van der Waals surface area contributed by atoms with Crippen LogP contribution >= 0.6 is 37.0 Å². The average molecular weight is 1220 g/mol. The molecule has 83 heavy (non-hydrogen) atoms. The number of rotatable bonds is 39. The Labute approximate surface area is 492 Å². The highest BCUT2D eigenvalue weighted by atomic mass is 32.2. The summed E-state index contributed by atoms with van der Waals surface area (Å²) < 4.78 is 0. The van der Waals surface area contributed by atoms with Gasteiger partial charge in [0.05, 0.1) is 38.9 Å². The predicted octanol–water partition coefficient (Wildman–Crippen LogP) is -6.14. The fraction of sp³-hybridized carbons (Fsp3) is 0.531. The molecule has 0 aliphatic heterocycles. The van der Waals surface area contributed by atoms with Gasteiger partial charge in [0.2, 0.25) is 70.9 Å². The average Bonchev–Trinajstić information content (AvgIpc) is 4.05. The van der Waals surface area contributed by atoms with Gasteiger partial charge in [0, 0.05) is 42.7 Å². The molecule has 0 radical (unpaired) electrons. The fourth-order valence-corrected chi connectivity index (χ4v) is 8.35. The lowest BCUT2D eigenvalue weighted by molar-refractivity contribution is -0.141. The van der Waals surface area contributed by atoms with Crippen LogP contribution in [-0.2, 0) is 80.0 Å². The fourth-order valence-electron chi connectivity index (χ4n) is 7.37. The molecule has 2 rings (SSSR count). The molecule has 0 bridgehead atoms. The maximum Gasteiger partial charge on any atom is 0.327 e. The second-order valence-electron chi connectivity index (χ2n) is 18.8. The van der Waals surface area contributed by atoms with Crippen molar-refractivity contribution in [3.8, 4) is 0 Å². The minimum absolute atomic E-state index is 0.0121. The first-order valence-electron chi connectivity index (χ1n) is 25.7. The summed E-state index contributed by atoms with van der Waals surface area (Å²) in [5.41, 5.74) is 11.5. The number of primary amides is 1. The van der Waals surface area contributed by atoms with Crippen molar-refractivity contribution in [3.05, 3.63) is 54.1 Å². The zero-order valence-corrected chi connectivity index (χ0v) is 48.3. The maximum absolute atomic E-state index is 14.3. The second-order valence-corrected chi connectivity index (χ2v) is 20.5. The summed E-state index contributed by atoms with van der Waals surface area (Å²) >= 11 is 9.21. The van der Waals surface area contributed by atoms with Crippen molar-refractivity contribution < 1.29 is 77.3 Å². The molecular formula is C49H73N15O16S3. The Balaban J connectivity index is 2.27. The molecule has 0 aliphatic carbocycles. The molecule has 0 saturated heterocycles. The molecule has 2 aromatic rings. The van der Waals surface area contributed by atoms with Crippen LogP contribution < -0.4 is 70.0 Å². The molecule has 8 unspecified atom stereocenters. The van der Waals surface area contributed by atoms with E-state index in [1.807, 2.05) is 0 Å². The molecule has 31 nitrogen and oxygen atoms in total. The summed E-state index contributed by atoms with van der Waals surface area (Å²) in [5.74, 6) is -14.1. The van der Waals surface area contributed by atoms with E-state index >= 15 is 0 Å². The third-order valence-electron chi connectivity index (χ3n) is 11.6. The molecule has 0 spiro atoms. The van der Waals surface area contributed by atoms with Gasteiger partial charge in [0.15, 0.2) is 0 Å². The molecule has 0 aliphatic rings. The van der Waals surface area contributed by atoms with E-state index < -0.39 is 177 Å². The number of thioether (sulfide) groups is 1. The van der Waals surface area contributed by atoms with E-state index in [9.17, 15) is 77.3 Å². The van der Waals surface area contributed by atoms with Crippen LogP contribution in [0.25, 0.3) is 0 Å². The number of carbonyl (C=O) groups excluding carboxylic acids is 12. The van der Waals surface area contributed by atoms with Crippen molar-refractivity contribution in [3.63, 3.8) is 0 Å². The van der Waals surface area contributed by atoms with Crippen molar-refractivity contribution >= 4 is 120 Å². The lowest BCUT2D eigenvalue weighted by Crippen LogP contribution is -2.59. The second kappa shape index (κ2) is 37.9. The maximum atomic E-state index is 14.3. The van der Waals surface area contributed by atoms with E-state index in [1.54, 1.807) is 50.4 Å². The Morgan fingerprint density at radius 3 is 1.52 bits per heavy atom. The summed E-state index contributed by atoms with van der Waals surface area (Å²) in [6.07, 6.45) is 2.39. The number of nitrogens with one attached hydrogen (secondary N) is 12. The Kier molecular flexibility index (Phi) is 32.5. The Bertz CT molecular complexity index is 2570. The molecule has 1 aromatic carbocycles. The van der Waals surface area contributed by atoms with Gasteiger partial charge < -0.3 is 85.1 Å². The van der Waals surface area contributed by atoms with E-state index in [4.69, 9.17) is 11.5 Å². The predicted molar refractivity (Wildman–Crippen MR) is 304 cm³/mol. The molecule has 18 N–H and O–H groups in total. The van der Waals surface area contributed by atoms with Gasteiger partial charge >= 0.3 is 11.9 Å². The summed E-state index contributed by atoms with van der Waals surface area (Å²) in [7, 11) is 0. The van der Waals surface area contributed by atoms with Crippen molar-refractivity contribution in [2.75, 3.05) is 49.7 Å². The van der Waals surface area contributed by atoms with Crippen molar-refractivity contribution in [2.45, 2.75) is 107 Å².